The number of carboxylic acid groups (broad SMARTS) is 1. The third-order valence-electron chi connectivity index (χ3n) is 1.80. The highest BCUT2D eigenvalue weighted by Gasteiger charge is 2.01. The summed E-state index contributed by atoms with van der Waals surface area (Å²) in [4.78, 5) is 10.3. The van der Waals surface area contributed by atoms with Gasteiger partial charge in [0.15, 0.2) is 0 Å². The van der Waals surface area contributed by atoms with Gasteiger partial charge in [0, 0.05) is 6.20 Å². The molecule has 0 saturated heterocycles. The minimum atomic E-state index is -0.856. The van der Waals surface area contributed by atoms with Crippen LogP contribution >= 0.6 is 0 Å². The van der Waals surface area contributed by atoms with Crippen LogP contribution in [-0.2, 0) is 17.8 Å². The van der Waals surface area contributed by atoms with Crippen LogP contribution in [0.4, 0.5) is 0 Å². The smallest absolute Gasteiger partial charge is 0.325 e. The summed E-state index contributed by atoms with van der Waals surface area (Å²) in [6, 6.07) is 0. The van der Waals surface area contributed by atoms with Gasteiger partial charge < -0.3 is 5.11 Å². The Hall–Kier alpha value is -1.32. The lowest BCUT2D eigenvalue weighted by molar-refractivity contribution is -0.137. The predicted molar refractivity (Wildman–Crippen MR) is 48.5 cm³/mol. The fraction of sp³-hybridized carbons (Fsp3) is 0.556. The van der Waals surface area contributed by atoms with E-state index in [-0.39, 0.29) is 6.54 Å². The molecule has 72 valence electrons. The minimum absolute atomic E-state index is 0.0495. The van der Waals surface area contributed by atoms with Gasteiger partial charge in [-0.15, -0.1) is 0 Å². The maximum Gasteiger partial charge on any atom is 0.325 e. The quantitative estimate of drug-likeness (QED) is 0.747. The second-order valence-corrected chi connectivity index (χ2v) is 3.04. The van der Waals surface area contributed by atoms with Crippen molar-refractivity contribution in [2.45, 2.75) is 32.7 Å². The molecule has 1 aromatic heterocycles. The number of hydrogen-bond acceptors (Lipinski definition) is 2. The van der Waals surface area contributed by atoms with Gasteiger partial charge in [-0.2, -0.15) is 5.10 Å². The van der Waals surface area contributed by atoms with Gasteiger partial charge in [0.25, 0.3) is 0 Å². The van der Waals surface area contributed by atoms with Crippen LogP contribution in [0.15, 0.2) is 12.4 Å². The summed E-state index contributed by atoms with van der Waals surface area (Å²) in [5.74, 6) is -0.856. The van der Waals surface area contributed by atoms with E-state index in [1.807, 2.05) is 0 Å². The SMILES string of the molecule is CCCCc1cnn(CC(=O)O)c1. The van der Waals surface area contributed by atoms with Crippen molar-refractivity contribution in [3.63, 3.8) is 0 Å². The van der Waals surface area contributed by atoms with Crippen molar-refractivity contribution in [1.82, 2.24) is 9.78 Å². The Morgan fingerprint density at radius 2 is 2.46 bits per heavy atom. The van der Waals surface area contributed by atoms with Crippen LogP contribution in [0.25, 0.3) is 0 Å². The summed E-state index contributed by atoms with van der Waals surface area (Å²) in [6.07, 6.45) is 6.78. The van der Waals surface area contributed by atoms with E-state index in [0.29, 0.717) is 0 Å². The molecule has 0 amide bonds. The van der Waals surface area contributed by atoms with Crippen molar-refractivity contribution >= 4 is 5.97 Å². The number of carboxylic acids is 1. The maximum atomic E-state index is 10.3. The molecule has 0 atom stereocenters. The van der Waals surface area contributed by atoms with E-state index >= 15 is 0 Å². The number of unbranched alkanes of at least 4 members (excludes halogenated alkanes) is 1. The zero-order valence-corrected chi connectivity index (χ0v) is 7.73. The summed E-state index contributed by atoms with van der Waals surface area (Å²) in [5.41, 5.74) is 1.11. The molecule has 0 aliphatic carbocycles. The van der Waals surface area contributed by atoms with E-state index in [0.717, 1.165) is 24.8 Å². The minimum Gasteiger partial charge on any atom is -0.480 e. The maximum absolute atomic E-state index is 10.3. The Morgan fingerprint density at radius 1 is 1.69 bits per heavy atom. The molecule has 1 aromatic rings. The average molecular weight is 182 g/mol. The highest BCUT2D eigenvalue weighted by Crippen LogP contribution is 2.03. The van der Waals surface area contributed by atoms with E-state index in [1.165, 1.54) is 4.68 Å². The largest absolute Gasteiger partial charge is 0.480 e. The fourth-order valence-corrected chi connectivity index (χ4v) is 1.14. The monoisotopic (exact) mass is 182 g/mol. The number of carbonyl (C=O) groups is 1. The lowest BCUT2D eigenvalue weighted by Crippen LogP contribution is -2.08. The highest BCUT2D eigenvalue weighted by atomic mass is 16.4. The first-order valence-electron chi connectivity index (χ1n) is 4.45. The Bertz CT molecular complexity index is 281. The summed E-state index contributed by atoms with van der Waals surface area (Å²) >= 11 is 0. The van der Waals surface area contributed by atoms with E-state index in [9.17, 15) is 4.79 Å². The third kappa shape index (κ3) is 3.27. The zero-order valence-electron chi connectivity index (χ0n) is 7.73. The number of nitrogens with zero attached hydrogens (tertiary/aromatic N) is 2. The first kappa shape index (κ1) is 9.77. The zero-order chi connectivity index (χ0) is 9.68. The molecule has 0 saturated carbocycles. The number of aromatic nitrogens is 2. The standard InChI is InChI=1S/C9H14N2O2/c1-2-3-4-8-5-10-11(6-8)7-9(12)13/h5-6H,2-4,7H2,1H3,(H,12,13). The van der Waals surface area contributed by atoms with E-state index < -0.39 is 5.97 Å². The number of aliphatic carboxylic acids is 1. The number of aryl methyl sites for hydroxylation is 1. The van der Waals surface area contributed by atoms with Crippen LogP contribution in [0.2, 0.25) is 0 Å². The topological polar surface area (TPSA) is 55.1 Å². The molecule has 0 aliphatic heterocycles. The first-order chi connectivity index (χ1) is 6.22. The van der Waals surface area contributed by atoms with Crippen LogP contribution in [-0.4, -0.2) is 20.9 Å². The fourth-order valence-electron chi connectivity index (χ4n) is 1.14. The van der Waals surface area contributed by atoms with Gasteiger partial charge in [0.05, 0.1) is 6.20 Å². The van der Waals surface area contributed by atoms with Gasteiger partial charge in [-0.1, -0.05) is 13.3 Å². The molecule has 0 aromatic carbocycles. The van der Waals surface area contributed by atoms with Crippen molar-refractivity contribution in [3.05, 3.63) is 18.0 Å². The van der Waals surface area contributed by atoms with Gasteiger partial charge in [-0.25, -0.2) is 0 Å². The number of hydrogen-bond donors (Lipinski definition) is 1. The van der Waals surface area contributed by atoms with Crippen LogP contribution in [0.5, 0.6) is 0 Å². The molecule has 1 heterocycles. The Labute approximate surface area is 77.2 Å². The van der Waals surface area contributed by atoms with Crippen molar-refractivity contribution in [1.29, 1.82) is 0 Å². The molecule has 0 fully saturated rings. The van der Waals surface area contributed by atoms with Crippen molar-refractivity contribution < 1.29 is 9.90 Å². The predicted octanol–water partition coefficient (Wildman–Crippen LogP) is 1.31. The molecule has 1 N–H and O–H groups in total. The van der Waals surface area contributed by atoms with Crippen LogP contribution in [0, 0.1) is 0 Å². The van der Waals surface area contributed by atoms with Crippen molar-refractivity contribution in [2.75, 3.05) is 0 Å². The molecule has 0 unspecified atom stereocenters. The van der Waals surface area contributed by atoms with Crippen LogP contribution in [0.3, 0.4) is 0 Å². The van der Waals surface area contributed by atoms with Gasteiger partial charge in [0.2, 0.25) is 0 Å². The van der Waals surface area contributed by atoms with E-state index in [4.69, 9.17) is 5.11 Å². The van der Waals surface area contributed by atoms with Gasteiger partial charge in [0.1, 0.15) is 6.54 Å². The molecule has 0 spiro atoms. The second-order valence-electron chi connectivity index (χ2n) is 3.04. The summed E-state index contributed by atoms with van der Waals surface area (Å²) in [6.45, 7) is 2.08. The summed E-state index contributed by atoms with van der Waals surface area (Å²) in [5, 5.41) is 12.4. The molecule has 4 nitrogen and oxygen atoms in total. The third-order valence-corrected chi connectivity index (χ3v) is 1.80. The van der Waals surface area contributed by atoms with Crippen LogP contribution < -0.4 is 0 Å². The van der Waals surface area contributed by atoms with Gasteiger partial charge >= 0.3 is 5.97 Å². The Balaban J connectivity index is 2.48. The summed E-state index contributed by atoms with van der Waals surface area (Å²) < 4.78 is 1.45. The summed E-state index contributed by atoms with van der Waals surface area (Å²) in [7, 11) is 0. The van der Waals surface area contributed by atoms with Gasteiger partial charge in [-0.05, 0) is 18.4 Å². The number of rotatable bonds is 5. The molecule has 0 aliphatic rings. The molecular weight excluding hydrogens is 168 g/mol. The lowest BCUT2D eigenvalue weighted by Gasteiger charge is -1.94. The molecular formula is C9H14N2O2. The Morgan fingerprint density at radius 3 is 3.08 bits per heavy atom. The molecule has 4 heteroatoms. The van der Waals surface area contributed by atoms with E-state index in [1.54, 1.807) is 12.4 Å². The molecule has 0 bridgehead atoms. The van der Waals surface area contributed by atoms with Crippen LogP contribution in [0.1, 0.15) is 25.3 Å². The van der Waals surface area contributed by atoms with Crippen molar-refractivity contribution in [3.8, 4) is 0 Å². The molecule has 0 radical (unpaired) electrons. The molecule has 1 rings (SSSR count). The highest BCUT2D eigenvalue weighted by molar-refractivity contribution is 5.66. The van der Waals surface area contributed by atoms with Crippen molar-refractivity contribution in [2.24, 2.45) is 0 Å². The molecule has 13 heavy (non-hydrogen) atoms. The lowest BCUT2D eigenvalue weighted by atomic mass is 10.2. The average Bonchev–Trinajstić information content (AvgIpc) is 2.48. The van der Waals surface area contributed by atoms with Gasteiger partial charge in [-0.3, -0.25) is 9.48 Å². The normalized spacial score (nSPS) is 10.2. The second kappa shape index (κ2) is 4.64. The Kier molecular flexibility index (Phi) is 3.49. The van der Waals surface area contributed by atoms with E-state index in [2.05, 4.69) is 12.0 Å². The first-order valence-corrected chi connectivity index (χ1v) is 4.45.